The molecular formula is C28H42O4. The minimum Gasteiger partial charge on any atom is -0.481 e. The predicted molar refractivity (Wildman–Crippen MR) is 122 cm³/mol. The first-order valence-electron chi connectivity index (χ1n) is 13.0. The number of hydrogen-bond acceptors (Lipinski definition) is 2. The molecule has 0 radical (unpaired) electrons. The van der Waals surface area contributed by atoms with E-state index in [1.807, 2.05) is 0 Å². The predicted octanol–water partition coefficient (Wildman–Crippen LogP) is 6.67. The Morgan fingerprint density at radius 2 is 0.781 bits per heavy atom. The van der Waals surface area contributed by atoms with Gasteiger partial charge in [-0.1, -0.05) is 27.7 Å². The van der Waals surface area contributed by atoms with Gasteiger partial charge in [0, 0.05) is 0 Å². The van der Waals surface area contributed by atoms with Gasteiger partial charge in [0.1, 0.15) is 0 Å². The average molecular weight is 443 g/mol. The molecule has 0 saturated heterocycles. The Kier molecular flexibility index (Phi) is 3.75. The van der Waals surface area contributed by atoms with Crippen molar-refractivity contribution in [2.75, 3.05) is 0 Å². The summed E-state index contributed by atoms with van der Waals surface area (Å²) in [4.78, 5) is 24.1. The van der Waals surface area contributed by atoms with E-state index in [9.17, 15) is 19.8 Å². The molecule has 4 heteroatoms. The zero-order valence-electron chi connectivity index (χ0n) is 20.6. The Morgan fingerprint density at radius 3 is 1.03 bits per heavy atom. The Morgan fingerprint density at radius 1 is 0.500 bits per heavy atom. The number of hydrogen-bond donors (Lipinski definition) is 2. The van der Waals surface area contributed by atoms with Crippen molar-refractivity contribution in [1.82, 2.24) is 0 Å². The standard InChI is InChI=1S/C28H42O4/c1-21-7-22(2)10-25(9-21,5-19(29)30)17-27(13-21,14-22)28-15-23(3)8-24(4,16-28)12-26(11-23,18-28)6-20(31)32/h5-18H2,1-4H3,(H,29,30)(H,31,32). The molecule has 8 aliphatic rings. The van der Waals surface area contributed by atoms with Crippen LogP contribution in [0.4, 0.5) is 0 Å². The van der Waals surface area contributed by atoms with Crippen LogP contribution >= 0.6 is 0 Å². The van der Waals surface area contributed by atoms with Crippen LogP contribution in [0.25, 0.3) is 0 Å². The molecule has 0 heterocycles. The van der Waals surface area contributed by atoms with Crippen LogP contribution in [0.15, 0.2) is 0 Å². The number of carbonyl (C=O) groups is 2. The van der Waals surface area contributed by atoms with Crippen LogP contribution in [-0.4, -0.2) is 22.2 Å². The normalized spacial score (nSPS) is 59.5. The zero-order valence-corrected chi connectivity index (χ0v) is 20.6. The van der Waals surface area contributed by atoms with Gasteiger partial charge >= 0.3 is 11.9 Å². The zero-order chi connectivity index (χ0) is 23.1. The van der Waals surface area contributed by atoms with Crippen molar-refractivity contribution in [2.45, 2.75) is 118 Å². The highest BCUT2D eigenvalue weighted by atomic mass is 16.4. The summed E-state index contributed by atoms with van der Waals surface area (Å²) in [5, 5.41) is 19.8. The van der Waals surface area contributed by atoms with Crippen molar-refractivity contribution in [3.8, 4) is 0 Å². The van der Waals surface area contributed by atoms with E-state index in [4.69, 9.17) is 0 Å². The third-order valence-electron chi connectivity index (χ3n) is 11.6. The van der Waals surface area contributed by atoms with Gasteiger partial charge in [-0.2, -0.15) is 0 Å². The maximum Gasteiger partial charge on any atom is 0.303 e. The SMILES string of the molecule is CC12CC3(C)CC(CC(=O)O)(C1)CC(C14CC5(C)CC(C)(CC(CC(=O)O)(C5)C1)C4)(C2)C3. The molecule has 0 aromatic heterocycles. The molecule has 0 aliphatic heterocycles. The lowest BCUT2D eigenvalue weighted by atomic mass is 9.25. The minimum absolute atomic E-state index is 0.0603. The fourth-order valence-electron chi connectivity index (χ4n) is 14.0. The van der Waals surface area contributed by atoms with Crippen molar-refractivity contribution >= 4 is 11.9 Å². The number of aliphatic carboxylic acids is 2. The molecule has 0 aromatic carbocycles. The molecule has 8 bridgehead atoms. The molecule has 178 valence electrons. The Bertz CT molecular complexity index is 806. The summed E-state index contributed by atoms with van der Waals surface area (Å²) >= 11 is 0. The Hall–Kier alpha value is -1.06. The van der Waals surface area contributed by atoms with E-state index in [-0.39, 0.29) is 43.3 Å². The number of rotatable bonds is 5. The van der Waals surface area contributed by atoms with E-state index in [2.05, 4.69) is 27.7 Å². The lowest BCUT2D eigenvalue weighted by Crippen LogP contribution is -2.70. The molecule has 8 saturated carbocycles. The summed E-state index contributed by atoms with van der Waals surface area (Å²) < 4.78 is 0. The van der Waals surface area contributed by atoms with Crippen LogP contribution in [0.1, 0.15) is 118 Å². The first kappa shape index (κ1) is 21.5. The van der Waals surface area contributed by atoms with Crippen molar-refractivity contribution in [3.05, 3.63) is 0 Å². The van der Waals surface area contributed by atoms with E-state index in [0.29, 0.717) is 12.8 Å². The van der Waals surface area contributed by atoms with Gasteiger partial charge in [-0.15, -0.1) is 0 Å². The largest absolute Gasteiger partial charge is 0.481 e. The topological polar surface area (TPSA) is 74.6 Å². The van der Waals surface area contributed by atoms with Gasteiger partial charge in [0.25, 0.3) is 0 Å². The highest BCUT2D eigenvalue weighted by Gasteiger charge is 2.76. The van der Waals surface area contributed by atoms with Crippen molar-refractivity contribution in [3.63, 3.8) is 0 Å². The van der Waals surface area contributed by atoms with E-state index in [1.54, 1.807) is 0 Å². The monoisotopic (exact) mass is 442 g/mol. The molecule has 0 aromatic rings. The van der Waals surface area contributed by atoms with Crippen LogP contribution in [0, 0.1) is 43.3 Å². The molecule has 0 spiro atoms. The molecule has 8 fully saturated rings. The van der Waals surface area contributed by atoms with Crippen molar-refractivity contribution in [1.29, 1.82) is 0 Å². The third kappa shape index (κ3) is 2.79. The first-order chi connectivity index (χ1) is 14.6. The smallest absolute Gasteiger partial charge is 0.303 e. The van der Waals surface area contributed by atoms with Gasteiger partial charge in [0.05, 0.1) is 12.8 Å². The van der Waals surface area contributed by atoms with Crippen LogP contribution in [0.3, 0.4) is 0 Å². The van der Waals surface area contributed by atoms with Gasteiger partial charge in [-0.05, 0) is 120 Å². The Labute approximate surface area is 192 Å². The van der Waals surface area contributed by atoms with Gasteiger partial charge in [-0.25, -0.2) is 0 Å². The van der Waals surface area contributed by atoms with E-state index in [1.165, 1.54) is 38.5 Å². The van der Waals surface area contributed by atoms with Gasteiger partial charge in [-0.3, -0.25) is 9.59 Å². The quantitative estimate of drug-likeness (QED) is 0.498. The first-order valence-corrected chi connectivity index (χ1v) is 13.0. The van der Waals surface area contributed by atoms with Gasteiger partial charge in [0.15, 0.2) is 0 Å². The summed E-state index contributed by atoms with van der Waals surface area (Å²) in [6.07, 6.45) is 14.6. The van der Waals surface area contributed by atoms with E-state index in [0.717, 1.165) is 38.5 Å². The summed E-state index contributed by atoms with van der Waals surface area (Å²) in [7, 11) is 0. The highest BCUT2D eigenvalue weighted by molar-refractivity contribution is 5.68. The summed E-state index contributed by atoms with van der Waals surface area (Å²) in [6.45, 7) is 9.85. The molecule has 4 unspecified atom stereocenters. The summed E-state index contributed by atoms with van der Waals surface area (Å²) in [5.41, 5.74) is 1.22. The number of carboxylic acids is 2. The van der Waals surface area contributed by atoms with Gasteiger partial charge in [0.2, 0.25) is 0 Å². The molecule has 32 heavy (non-hydrogen) atoms. The van der Waals surface area contributed by atoms with Crippen LogP contribution < -0.4 is 0 Å². The second kappa shape index (κ2) is 5.60. The molecule has 2 N–H and O–H groups in total. The van der Waals surface area contributed by atoms with Crippen LogP contribution in [0.5, 0.6) is 0 Å². The maximum atomic E-state index is 12.1. The van der Waals surface area contributed by atoms with E-state index >= 15 is 0 Å². The van der Waals surface area contributed by atoms with Crippen molar-refractivity contribution in [2.24, 2.45) is 43.3 Å². The molecule has 0 amide bonds. The van der Waals surface area contributed by atoms with Crippen molar-refractivity contribution < 1.29 is 19.8 Å². The fraction of sp³-hybridized carbons (Fsp3) is 0.929. The lowest BCUT2D eigenvalue weighted by molar-refractivity contribution is -0.299. The summed E-state index contributed by atoms with van der Waals surface area (Å²) in [6, 6.07) is 0. The average Bonchev–Trinajstić information content (AvgIpc) is 2.44. The fourth-order valence-corrected chi connectivity index (χ4v) is 14.0. The maximum absolute atomic E-state index is 12.1. The second-order valence-electron chi connectivity index (χ2n) is 16.1. The molecular weight excluding hydrogens is 400 g/mol. The molecule has 8 rings (SSSR count). The molecule has 4 atom stereocenters. The molecule has 4 nitrogen and oxygen atoms in total. The second-order valence-corrected chi connectivity index (χ2v) is 16.1. The number of carboxylic acid groups (broad SMARTS) is 2. The van der Waals surface area contributed by atoms with Gasteiger partial charge < -0.3 is 10.2 Å². The van der Waals surface area contributed by atoms with Crippen LogP contribution in [-0.2, 0) is 9.59 Å². The minimum atomic E-state index is -0.624. The van der Waals surface area contributed by atoms with Crippen LogP contribution in [0.2, 0.25) is 0 Å². The third-order valence-corrected chi connectivity index (χ3v) is 11.6. The molecule has 8 aliphatic carbocycles. The summed E-state index contributed by atoms with van der Waals surface area (Å²) in [5.74, 6) is -1.25. The Balaban J connectivity index is 1.50. The highest BCUT2D eigenvalue weighted by Crippen LogP contribution is 2.85. The van der Waals surface area contributed by atoms with E-state index < -0.39 is 11.9 Å². The lowest BCUT2D eigenvalue weighted by Gasteiger charge is -2.80.